The molecule has 0 spiro atoms. The number of carbonyl (C=O) groups is 1. The maximum Gasteiger partial charge on any atom is 0.261 e. The van der Waals surface area contributed by atoms with Crippen LogP contribution in [0.1, 0.15) is 67.5 Å². The largest absolute Gasteiger partial charge is 0.339 e. The molecule has 26 heavy (non-hydrogen) atoms. The van der Waals surface area contributed by atoms with Crippen LogP contribution in [0.3, 0.4) is 0 Å². The van der Waals surface area contributed by atoms with E-state index in [4.69, 9.17) is 4.98 Å². The lowest BCUT2D eigenvalue weighted by Gasteiger charge is -2.21. The molecule has 1 saturated heterocycles. The van der Waals surface area contributed by atoms with Crippen LogP contribution in [0.15, 0.2) is 23.0 Å². The van der Waals surface area contributed by atoms with Gasteiger partial charge < -0.3 is 4.90 Å². The Morgan fingerprint density at radius 2 is 1.58 bits per heavy atom. The lowest BCUT2D eigenvalue weighted by molar-refractivity contribution is 0.0762. The van der Waals surface area contributed by atoms with Gasteiger partial charge in [-0.15, -0.1) is 0 Å². The fourth-order valence-corrected chi connectivity index (χ4v) is 4.18. The van der Waals surface area contributed by atoms with E-state index in [1.165, 1.54) is 25.7 Å². The topological polar surface area (TPSA) is 55.2 Å². The van der Waals surface area contributed by atoms with E-state index in [-0.39, 0.29) is 11.5 Å². The second-order valence-electron chi connectivity index (χ2n) is 7.59. The van der Waals surface area contributed by atoms with Crippen LogP contribution in [-0.4, -0.2) is 33.4 Å². The quantitative estimate of drug-likeness (QED) is 0.788. The van der Waals surface area contributed by atoms with E-state index < -0.39 is 0 Å². The number of likely N-dealkylation sites (tertiary alicyclic amines) is 1. The van der Waals surface area contributed by atoms with Crippen molar-refractivity contribution in [3.63, 3.8) is 0 Å². The molecule has 1 amide bonds. The molecule has 0 saturated carbocycles. The number of carbonyl (C=O) groups excluding carboxylic acids is 1. The molecular formula is C21H27N3O2. The third-order valence-corrected chi connectivity index (χ3v) is 5.71. The first-order valence-electron chi connectivity index (χ1n) is 10.1. The molecule has 4 rings (SSSR count). The fraction of sp³-hybridized carbons (Fsp3) is 0.571. The van der Waals surface area contributed by atoms with Crippen LogP contribution in [0, 0.1) is 0 Å². The normalized spacial score (nSPS) is 18.7. The second-order valence-corrected chi connectivity index (χ2v) is 7.59. The number of aryl methyl sites for hydroxylation is 1. The number of amides is 1. The molecule has 0 atom stereocenters. The van der Waals surface area contributed by atoms with Crippen LogP contribution in [0.25, 0.3) is 10.9 Å². The zero-order valence-corrected chi connectivity index (χ0v) is 15.4. The van der Waals surface area contributed by atoms with Gasteiger partial charge in [-0.05, 0) is 43.9 Å². The van der Waals surface area contributed by atoms with E-state index >= 15 is 0 Å². The number of aromatic nitrogens is 2. The summed E-state index contributed by atoms with van der Waals surface area (Å²) in [6.45, 7) is 2.42. The van der Waals surface area contributed by atoms with E-state index in [2.05, 4.69) is 0 Å². The van der Waals surface area contributed by atoms with Crippen LogP contribution in [0.5, 0.6) is 0 Å². The zero-order valence-electron chi connectivity index (χ0n) is 15.4. The molecule has 3 heterocycles. The average Bonchev–Trinajstić information content (AvgIpc) is 2.92. The Morgan fingerprint density at radius 1 is 0.885 bits per heavy atom. The minimum absolute atomic E-state index is 0.0423. The molecule has 5 heteroatoms. The highest BCUT2D eigenvalue weighted by Crippen LogP contribution is 2.18. The van der Waals surface area contributed by atoms with Crippen LogP contribution in [0.4, 0.5) is 0 Å². The highest BCUT2D eigenvalue weighted by Gasteiger charge is 2.19. The zero-order chi connectivity index (χ0) is 17.9. The molecule has 1 fully saturated rings. The van der Waals surface area contributed by atoms with Gasteiger partial charge in [-0.3, -0.25) is 14.2 Å². The predicted octanol–water partition coefficient (Wildman–Crippen LogP) is 3.53. The van der Waals surface area contributed by atoms with Gasteiger partial charge in [0.25, 0.3) is 11.5 Å². The van der Waals surface area contributed by atoms with Crippen molar-refractivity contribution in [2.45, 2.75) is 64.3 Å². The van der Waals surface area contributed by atoms with Gasteiger partial charge in [0.1, 0.15) is 5.82 Å². The number of fused-ring (bicyclic) bond motifs is 2. The van der Waals surface area contributed by atoms with Gasteiger partial charge in [-0.1, -0.05) is 25.7 Å². The van der Waals surface area contributed by atoms with Crippen molar-refractivity contribution in [3.05, 3.63) is 39.9 Å². The van der Waals surface area contributed by atoms with Gasteiger partial charge >= 0.3 is 0 Å². The first kappa shape index (κ1) is 17.3. The predicted molar refractivity (Wildman–Crippen MR) is 103 cm³/mol. The molecule has 0 radical (unpaired) electrons. The molecule has 1 aromatic heterocycles. The molecule has 0 bridgehead atoms. The highest BCUT2D eigenvalue weighted by molar-refractivity contribution is 5.97. The summed E-state index contributed by atoms with van der Waals surface area (Å²) < 4.78 is 1.85. The molecule has 2 aliphatic rings. The second kappa shape index (κ2) is 7.60. The van der Waals surface area contributed by atoms with Crippen molar-refractivity contribution < 1.29 is 4.79 Å². The molecule has 5 nitrogen and oxygen atoms in total. The van der Waals surface area contributed by atoms with E-state index in [1.807, 2.05) is 15.5 Å². The maximum absolute atomic E-state index is 12.9. The first-order chi connectivity index (χ1) is 12.7. The lowest BCUT2D eigenvalue weighted by Crippen LogP contribution is -2.32. The molecule has 2 aromatic rings. The van der Waals surface area contributed by atoms with Crippen LogP contribution in [0.2, 0.25) is 0 Å². The Kier molecular flexibility index (Phi) is 5.05. The highest BCUT2D eigenvalue weighted by atomic mass is 16.2. The Hall–Kier alpha value is -2.17. The summed E-state index contributed by atoms with van der Waals surface area (Å²) in [5.41, 5.74) is 1.37. The molecule has 0 aliphatic carbocycles. The van der Waals surface area contributed by atoms with Gasteiger partial charge in [0.05, 0.1) is 10.9 Å². The molecule has 2 aliphatic heterocycles. The van der Waals surface area contributed by atoms with Crippen molar-refractivity contribution in [3.8, 4) is 0 Å². The summed E-state index contributed by atoms with van der Waals surface area (Å²) in [7, 11) is 0. The van der Waals surface area contributed by atoms with Crippen LogP contribution < -0.4 is 5.56 Å². The Labute approximate surface area is 154 Å². The van der Waals surface area contributed by atoms with Crippen molar-refractivity contribution in [1.82, 2.24) is 14.5 Å². The molecule has 0 unspecified atom stereocenters. The SMILES string of the molecule is O=C(c1ccc2c(=O)n3c(nc2c1)CCCCCC3)N1CCCCCC1. The minimum Gasteiger partial charge on any atom is -0.339 e. The van der Waals surface area contributed by atoms with E-state index in [1.54, 1.807) is 12.1 Å². The Bertz CT molecular complexity index is 863. The first-order valence-corrected chi connectivity index (χ1v) is 10.1. The van der Waals surface area contributed by atoms with Gasteiger partial charge in [0.2, 0.25) is 0 Å². The van der Waals surface area contributed by atoms with Gasteiger partial charge in [0, 0.05) is 31.6 Å². The minimum atomic E-state index is 0.0423. The van der Waals surface area contributed by atoms with Crippen molar-refractivity contribution in [2.75, 3.05) is 13.1 Å². The maximum atomic E-state index is 12.9. The van der Waals surface area contributed by atoms with Gasteiger partial charge in [-0.2, -0.15) is 0 Å². The fourth-order valence-electron chi connectivity index (χ4n) is 4.18. The molecule has 0 N–H and O–H groups in total. The lowest BCUT2D eigenvalue weighted by atomic mass is 10.1. The van der Waals surface area contributed by atoms with Crippen LogP contribution >= 0.6 is 0 Å². The monoisotopic (exact) mass is 353 g/mol. The number of hydrogen-bond acceptors (Lipinski definition) is 3. The third-order valence-electron chi connectivity index (χ3n) is 5.71. The van der Waals surface area contributed by atoms with Gasteiger partial charge in [0.15, 0.2) is 0 Å². The molecule has 1 aromatic carbocycles. The number of hydrogen-bond donors (Lipinski definition) is 0. The summed E-state index contributed by atoms with van der Waals surface area (Å²) in [5.74, 6) is 0.948. The average molecular weight is 353 g/mol. The smallest absolute Gasteiger partial charge is 0.261 e. The molecule has 138 valence electrons. The number of benzene rings is 1. The Morgan fingerprint density at radius 3 is 2.35 bits per heavy atom. The summed E-state index contributed by atoms with van der Waals surface area (Å²) in [6.07, 6.45) is 9.87. The summed E-state index contributed by atoms with van der Waals surface area (Å²) in [5, 5.41) is 0.627. The van der Waals surface area contributed by atoms with Crippen molar-refractivity contribution >= 4 is 16.8 Å². The summed E-state index contributed by atoms with van der Waals surface area (Å²) in [6, 6.07) is 5.42. The van der Waals surface area contributed by atoms with E-state index in [0.717, 1.165) is 57.6 Å². The van der Waals surface area contributed by atoms with E-state index in [0.29, 0.717) is 16.5 Å². The molecular weight excluding hydrogens is 326 g/mol. The van der Waals surface area contributed by atoms with E-state index in [9.17, 15) is 9.59 Å². The van der Waals surface area contributed by atoms with Crippen molar-refractivity contribution in [2.24, 2.45) is 0 Å². The van der Waals surface area contributed by atoms with Gasteiger partial charge in [-0.25, -0.2) is 4.98 Å². The third kappa shape index (κ3) is 3.39. The van der Waals surface area contributed by atoms with Crippen LogP contribution in [-0.2, 0) is 13.0 Å². The number of nitrogens with zero attached hydrogens (tertiary/aromatic N) is 3. The van der Waals surface area contributed by atoms with Crippen molar-refractivity contribution in [1.29, 1.82) is 0 Å². The number of rotatable bonds is 1. The summed E-state index contributed by atoms with van der Waals surface area (Å²) >= 11 is 0. The summed E-state index contributed by atoms with van der Waals surface area (Å²) in [4.78, 5) is 32.5. The standard InChI is InChI=1S/C21H27N3O2/c25-20(23-12-6-3-4-7-13-23)16-10-11-17-18(15-16)22-19-9-5-1-2-8-14-24(19)21(17)26/h10-11,15H,1-9,12-14H2. The Balaban J connectivity index is 1.71.